The molecule has 144 valence electrons. The molecule has 4 rings (SSSR count). The zero-order chi connectivity index (χ0) is 19.7. The number of pyridine rings is 1. The van der Waals surface area contributed by atoms with Crippen LogP contribution in [-0.2, 0) is 17.8 Å². The van der Waals surface area contributed by atoms with E-state index in [1.54, 1.807) is 18.7 Å². The molecular formula is C20H23N7O. The molecule has 0 aromatic carbocycles. The minimum absolute atomic E-state index is 0.0630. The van der Waals surface area contributed by atoms with E-state index < -0.39 is 0 Å². The number of aromatic nitrogens is 5. The van der Waals surface area contributed by atoms with Gasteiger partial charge in [-0.2, -0.15) is 0 Å². The highest BCUT2D eigenvalue weighted by atomic mass is 16.2. The van der Waals surface area contributed by atoms with Gasteiger partial charge in [0.1, 0.15) is 17.6 Å². The summed E-state index contributed by atoms with van der Waals surface area (Å²) in [7, 11) is 3.95. The highest BCUT2D eigenvalue weighted by Gasteiger charge is 2.29. The van der Waals surface area contributed by atoms with Crippen LogP contribution in [0.5, 0.6) is 0 Å². The van der Waals surface area contributed by atoms with Crippen LogP contribution in [0.2, 0.25) is 0 Å². The Morgan fingerprint density at radius 1 is 1.21 bits per heavy atom. The SMILES string of the molecule is C[C@@H](C(=O)N1CCc2c(nc(-c3ccccn3)nc2N(C)C)C1)n1ccnc1. The average molecular weight is 377 g/mol. The molecule has 1 amide bonds. The second-order valence-corrected chi connectivity index (χ2v) is 7.10. The van der Waals surface area contributed by atoms with Gasteiger partial charge in [0.15, 0.2) is 5.82 Å². The van der Waals surface area contributed by atoms with Crippen LogP contribution in [0.15, 0.2) is 43.1 Å². The van der Waals surface area contributed by atoms with Gasteiger partial charge in [0.2, 0.25) is 5.91 Å². The number of imidazole rings is 1. The van der Waals surface area contributed by atoms with Crippen molar-refractivity contribution in [2.24, 2.45) is 0 Å². The number of anilines is 1. The molecule has 4 heterocycles. The van der Waals surface area contributed by atoms with Gasteiger partial charge in [-0.1, -0.05) is 6.07 Å². The van der Waals surface area contributed by atoms with Crippen molar-refractivity contribution < 1.29 is 4.79 Å². The van der Waals surface area contributed by atoms with E-state index in [4.69, 9.17) is 9.97 Å². The predicted molar refractivity (Wildman–Crippen MR) is 106 cm³/mol. The molecule has 0 saturated heterocycles. The number of hydrogen-bond acceptors (Lipinski definition) is 6. The Balaban J connectivity index is 1.67. The van der Waals surface area contributed by atoms with Crippen molar-refractivity contribution in [2.45, 2.75) is 25.9 Å². The van der Waals surface area contributed by atoms with Crippen LogP contribution < -0.4 is 4.90 Å². The third-order valence-electron chi connectivity index (χ3n) is 5.00. The Kier molecular flexibility index (Phi) is 4.77. The molecule has 1 atom stereocenters. The topological polar surface area (TPSA) is 80.0 Å². The number of nitrogens with zero attached hydrogens (tertiary/aromatic N) is 7. The van der Waals surface area contributed by atoms with Gasteiger partial charge >= 0.3 is 0 Å². The summed E-state index contributed by atoms with van der Waals surface area (Å²) in [5.41, 5.74) is 2.71. The normalized spacial score (nSPS) is 14.5. The summed E-state index contributed by atoms with van der Waals surface area (Å²) in [6, 6.07) is 5.39. The van der Waals surface area contributed by atoms with Crippen molar-refractivity contribution in [1.82, 2.24) is 29.4 Å². The van der Waals surface area contributed by atoms with Crippen LogP contribution in [0, 0.1) is 0 Å². The summed E-state index contributed by atoms with van der Waals surface area (Å²) < 4.78 is 1.82. The first-order valence-electron chi connectivity index (χ1n) is 9.29. The minimum Gasteiger partial charge on any atom is -0.362 e. The molecular weight excluding hydrogens is 354 g/mol. The molecule has 0 saturated carbocycles. The molecule has 1 aliphatic heterocycles. The maximum Gasteiger partial charge on any atom is 0.245 e. The Morgan fingerprint density at radius 2 is 2.07 bits per heavy atom. The molecule has 3 aromatic heterocycles. The molecule has 28 heavy (non-hydrogen) atoms. The van der Waals surface area contributed by atoms with Gasteiger partial charge < -0.3 is 14.4 Å². The maximum atomic E-state index is 13.0. The van der Waals surface area contributed by atoms with E-state index in [0.29, 0.717) is 18.9 Å². The number of carbonyl (C=O) groups is 1. The number of carbonyl (C=O) groups excluding carboxylic acids is 1. The van der Waals surface area contributed by atoms with E-state index in [1.165, 1.54) is 0 Å². The fourth-order valence-corrected chi connectivity index (χ4v) is 3.47. The van der Waals surface area contributed by atoms with Crippen molar-refractivity contribution in [3.8, 4) is 11.5 Å². The molecule has 8 heteroatoms. The van der Waals surface area contributed by atoms with Crippen molar-refractivity contribution >= 4 is 11.7 Å². The van der Waals surface area contributed by atoms with Gasteiger partial charge in [-0.3, -0.25) is 9.78 Å². The zero-order valence-corrected chi connectivity index (χ0v) is 16.3. The molecule has 0 spiro atoms. The second-order valence-electron chi connectivity index (χ2n) is 7.10. The Morgan fingerprint density at radius 3 is 2.75 bits per heavy atom. The summed E-state index contributed by atoms with van der Waals surface area (Å²) in [5.74, 6) is 1.54. The molecule has 0 fully saturated rings. The first-order valence-corrected chi connectivity index (χ1v) is 9.29. The summed E-state index contributed by atoms with van der Waals surface area (Å²) in [4.78, 5) is 34.8. The highest BCUT2D eigenvalue weighted by Crippen LogP contribution is 2.28. The van der Waals surface area contributed by atoms with E-state index in [1.807, 2.05) is 59.8 Å². The molecule has 3 aromatic rings. The first-order chi connectivity index (χ1) is 13.5. The molecule has 0 radical (unpaired) electrons. The predicted octanol–water partition coefficient (Wildman–Crippen LogP) is 1.95. The number of rotatable bonds is 4. The van der Waals surface area contributed by atoms with Gasteiger partial charge in [-0.25, -0.2) is 15.0 Å². The maximum absolute atomic E-state index is 13.0. The van der Waals surface area contributed by atoms with Crippen LogP contribution in [0.4, 0.5) is 5.82 Å². The summed E-state index contributed by atoms with van der Waals surface area (Å²) in [5, 5.41) is 0. The van der Waals surface area contributed by atoms with Gasteiger partial charge in [-0.05, 0) is 25.5 Å². The van der Waals surface area contributed by atoms with E-state index in [9.17, 15) is 4.79 Å². The Labute approximate surface area is 163 Å². The van der Waals surface area contributed by atoms with Crippen LogP contribution >= 0.6 is 0 Å². The van der Waals surface area contributed by atoms with Crippen molar-refractivity contribution in [1.29, 1.82) is 0 Å². The van der Waals surface area contributed by atoms with Crippen molar-refractivity contribution in [2.75, 3.05) is 25.5 Å². The summed E-state index contributed by atoms with van der Waals surface area (Å²) in [6.07, 6.45) is 7.63. The van der Waals surface area contributed by atoms with E-state index in [-0.39, 0.29) is 11.9 Å². The lowest BCUT2D eigenvalue weighted by atomic mass is 10.0. The Hall–Kier alpha value is -3.29. The molecule has 0 aliphatic carbocycles. The monoisotopic (exact) mass is 377 g/mol. The largest absolute Gasteiger partial charge is 0.362 e. The molecule has 0 bridgehead atoms. The lowest BCUT2D eigenvalue weighted by molar-refractivity contribution is -0.135. The zero-order valence-electron chi connectivity index (χ0n) is 16.3. The third kappa shape index (κ3) is 3.33. The van der Waals surface area contributed by atoms with E-state index in [0.717, 1.165) is 29.2 Å². The second kappa shape index (κ2) is 7.38. The first kappa shape index (κ1) is 18.1. The van der Waals surface area contributed by atoms with Gasteiger partial charge in [0, 0.05) is 44.8 Å². The molecule has 0 N–H and O–H groups in total. The van der Waals surface area contributed by atoms with Gasteiger partial charge in [0.25, 0.3) is 0 Å². The van der Waals surface area contributed by atoms with Crippen LogP contribution in [0.1, 0.15) is 24.2 Å². The van der Waals surface area contributed by atoms with Crippen LogP contribution in [-0.4, -0.2) is 56.0 Å². The quantitative estimate of drug-likeness (QED) is 0.691. The number of hydrogen-bond donors (Lipinski definition) is 0. The summed E-state index contributed by atoms with van der Waals surface area (Å²) in [6.45, 7) is 3.01. The van der Waals surface area contributed by atoms with E-state index >= 15 is 0 Å². The van der Waals surface area contributed by atoms with Crippen molar-refractivity contribution in [3.63, 3.8) is 0 Å². The van der Waals surface area contributed by atoms with Gasteiger partial charge in [-0.15, -0.1) is 0 Å². The lowest BCUT2D eigenvalue weighted by Gasteiger charge is -2.32. The minimum atomic E-state index is -0.297. The highest BCUT2D eigenvalue weighted by molar-refractivity contribution is 5.80. The molecule has 0 unspecified atom stereocenters. The number of fused-ring (bicyclic) bond motifs is 1. The lowest BCUT2D eigenvalue weighted by Crippen LogP contribution is -2.40. The standard InChI is InChI=1S/C20H23N7O/c1-14(27-11-9-21-13-27)20(28)26-10-7-15-17(12-26)23-18(24-19(15)25(2)3)16-6-4-5-8-22-16/h4-6,8-9,11,13-14H,7,10,12H2,1-3H3/t14-/m0/s1. The van der Waals surface area contributed by atoms with E-state index in [2.05, 4.69) is 9.97 Å². The summed E-state index contributed by atoms with van der Waals surface area (Å²) >= 11 is 0. The fraction of sp³-hybridized carbons (Fsp3) is 0.350. The van der Waals surface area contributed by atoms with Crippen LogP contribution in [0.3, 0.4) is 0 Å². The number of amides is 1. The van der Waals surface area contributed by atoms with Crippen LogP contribution in [0.25, 0.3) is 11.5 Å². The average Bonchev–Trinajstić information content (AvgIpc) is 3.26. The molecule has 1 aliphatic rings. The fourth-order valence-electron chi connectivity index (χ4n) is 3.47. The van der Waals surface area contributed by atoms with Gasteiger partial charge in [0.05, 0.1) is 18.6 Å². The third-order valence-corrected chi connectivity index (χ3v) is 5.00. The van der Waals surface area contributed by atoms with Crippen molar-refractivity contribution in [3.05, 3.63) is 54.4 Å². The smallest absolute Gasteiger partial charge is 0.245 e. The Bertz CT molecular complexity index is 970. The molecule has 8 nitrogen and oxygen atoms in total.